The third-order valence-corrected chi connectivity index (χ3v) is 6.32. The van der Waals surface area contributed by atoms with Gasteiger partial charge in [-0.25, -0.2) is 19.2 Å². The maximum atomic E-state index is 12.7. The zero-order valence-electron chi connectivity index (χ0n) is 19.5. The number of H-pyrrole nitrogens is 1. The van der Waals surface area contributed by atoms with Crippen molar-refractivity contribution in [3.05, 3.63) is 96.8 Å². The first-order chi connectivity index (χ1) is 18.1. The van der Waals surface area contributed by atoms with Gasteiger partial charge in [-0.15, -0.1) is 5.10 Å². The van der Waals surface area contributed by atoms with Crippen LogP contribution in [-0.2, 0) is 0 Å². The van der Waals surface area contributed by atoms with Crippen LogP contribution in [0.15, 0.2) is 95.6 Å². The second-order valence-electron chi connectivity index (χ2n) is 8.11. The molecule has 0 aliphatic rings. The molecular formula is C25H20N10OS. The highest BCUT2D eigenvalue weighted by atomic mass is 32.2. The molecule has 0 saturated carbocycles. The van der Waals surface area contributed by atoms with Crippen molar-refractivity contribution in [2.24, 2.45) is 0 Å². The average Bonchev–Trinajstić information content (AvgIpc) is 3.68. The molecular weight excluding hydrogens is 488 g/mol. The number of carbonyl (C=O) groups excluding carboxylic acids is 1. The van der Waals surface area contributed by atoms with Gasteiger partial charge in [-0.1, -0.05) is 0 Å². The Labute approximate surface area is 215 Å². The number of hydrogen-bond donors (Lipinski definition) is 3. The summed E-state index contributed by atoms with van der Waals surface area (Å²) in [4.78, 5) is 22.2. The summed E-state index contributed by atoms with van der Waals surface area (Å²) in [7, 11) is 0. The lowest BCUT2D eigenvalue weighted by Gasteiger charge is -2.09. The van der Waals surface area contributed by atoms with E-state index >= 15 is 0 Å². The molecule has 0 unspecified atom stereocenters. The number of anilines is 3. The zero-order valence-corrected chi connectivity index (χ0v) is 20.3. The number of carbonyl (C=O) groups is 1. The van der Waals surface area contributed by atoms with Crippen LogP contribution in [0.3, 0.4) is 0 Å². The Hall–Kier alpha value is -4.97. The van der Waals surface area contributed by atoms with Crippen molar-refractivity contribution < 1.29 is 4.79 Å². The van der Waals surface area contributed by atoms with E-state index in [9.17, 15) is 4.79 Å². The molecule has 0 fully saturated rings. The van der Waals surface area contributed by atoms with E-state index in [-0.39, 0.29) is 5.91 Å². The molecule has 3 N–H and O–H groups in total. The van der Waals surface area contributed by atoms with Gasteiger partial charge in [0.2, 0.25) is 5.16 Å². The summed E-state index contributed by atoms with van der Waals surface area (Å²) in [6.07, 6.45) is 4.94. The predicted octanol–water partition coefficient (Wildman–Crippen LogP) is 4.49. The van der Waals surface area contributed by atoms with Crippen LogP contribution in [-0.4, -0.2) is 45.5 Å². The number of amides is 1. The number of aromatic amines is 1. The van der Waals surface area contributed by atoms with Crippen LogP contribution in [0.2, 0.25) is 0 Å². The maximum absolute atomic E-state index is 12.7. The van der Waals surface area contributed by atoms with Crippen molar-refractivity contribution in [2.75, 3.05) is 10.6 Å². The summed E-state index contributed by atoms with van der Waals surface area (Å²) < 4.78 is 3.41. The van der Waals surface area contributed by atoms with E-state index in [2.05, 4.69) is 36.0 Å². The first kappa shape index (κ1) is 22.5. The minimum Gasteiger partial charge on any atom is -0.322 e. The number of hydrogen-bond acceptors (Lipinski definition) is 8. The smallest absolute Gasteiger partial charge is 0.255 e. The highest BCUT2D eigenvalue weighted by molar-refractivity contribution is 7.99. The monoisotopic (exact) mass is 508 g/mol. The number of fused-ring (bicyclic) bond motifs is 1. The third-order valence-electron chi connectivity index (χ3n) is 5.46. The van der Waals surface area contributed by atoms with Crippen LogP contribution in [0.5, 0.6) is 0 Å². The Morgan fingerprint density at radius 3 is 2.62 bits per heavy atom. The predicted molar refractivity (Wildman–Crippen MR) is 139 cm³/mol. The number of aromatic nitrogens is 8. The highest BCUT2D eigenvalue weighted by Crippen LogP contribution is 2.29. The van der Waals surface area contributed by atoms with Crippen LogP contribution >= 0.6 is 11.8 Å². The summed E-state index contributed by atoms with van der Waals surface area (Å²) >= 11 is 1.42. The SMILES string of the molecule is Cc1cc(Nc2nc(Sc3ccc(NC(=O)c4ccc(-n5cncn5)cc4)cc3)nn3cccc23)n[nH]1. The van der Waals surface area contributed by atoms with Crippen LogP contribution in [0, 0.1) is 6.92 Å². The number of aryl methyl sites for hydroxylation is 1. The fraction of sp³-hybridized carbons (Fsp3) is 0.0400. The van der Waals surface area contributed by atoms with Crippen LogP contribution in [0.25, 0.3) is 11.2 Å². The van der Waals surface area contributed by atoms with Crippen LogP contribution in [0.1, 0.15) is 16.1 Å². The first-order valence-electron chi connectivity index (χ1n) is 11.3. The van der Waals surface area contributed by atoms with Gasteiger partial charge in [0.25, 0.3) is 5.91 Å². The van der Waals surface area contributed by atoms with E-state index in [1.54, 1.807) is 27.7 Å². The summed E-state index contributed by atoms with van der Waals surface area (Å²) in [5, 5.41) is 22.6. The van der Waals surface area contributed by atoms with E-state index < -0.39 is 0 Å². The first-order valence-corrected chi connectivity index (χ1v) is 12.1. The van der Waals surface area contributed by atoms with Gasteiger partial charge in [0.15, 0.2) is 11.6 Å². The molecule has 6 aromatic rings. The van der Waals surface area contributed by atoms with E-state index in [1.807, 2.05) is 67.7 Å². The molecule has 0 radical (unpaired) electrons. The minimum atomic E-state index is -0.198. The molecule has 6 rings (SSSR count). The van der Waals surface area contributed by atoms with E-state index in [0.29, 0.717) is 28.0 Å². The fourth-order valence-corrected chi connectivity index (χ4v) is 4.42. The molecule has 0 aliphatic heterocycles. The number of benzene rings is 2. The van der Waals surface area contributed by atoms with Crippen molar-refractivity contribution in [1.82, 2.24) is 39.6 Å². The van der Waals surface area contributed by atoms with Gasteiger partial charge in [0.1, 0.15) is 18.2 Å². The minimum absolute atomic E-state index is 0.198. The Morgan fingerprint density at radius 1 is 1.05 bits per heavy atom. The Morgan fingerprint density at radius 2 is 1.89 bits per heavy atom. The molecule has 37 heavy (non-hydrogen) atoms. The molecule has 4 heterocycles. The Balaban J connectivity index is 1.14. The molecule has 11 nitrogen and oxygen atoms in total. The van der Waals surface area contributed by atoms with Crippen LogP contribution < -0.4 is 10.6 Å². The van der Waals surface area contributed by atoms with E-state index in [4.69, 9.17) is 4.98 Å². The van der Waals surface area contributed by atoms with Crippen molar-refractivity contribution in [3.8, 4) is 5.69 Å². The average molecular weight is 509 g/mol. The topological polar surface area (TPSA) is 131 Å². The van der Waals surface area contributed by atoms with Crippen molar-refractivity contribution >= 4 is 40.5 Å². The molecule has 2 aromatic carbocycles. The molecule has 182 valence electrons. The van der Waals surface area contributed by atoms with Crippen LogP contribution in [0.4, 0.5) is 17.3 Å². The summed E-state index contributed by atoms with van der Waals surface area (Å²) in [5.41, 5.74) is 3.86. The van der Waals surface area contributed by atoms with Crippen molar-refractivity contribution in [1.29, 1.82) is 0 Å². The number of nitrogens with one attached hydrogen (secondary N) is 3. The summed E-state index contributed by atoms with van der Waals surface area (Å²) in [6.45, 7) is 1.94. The lowest BCUT2D eigenvalue weighted by Crippen LogP contribution is -2.11. The number of rotatable bonds is 7. The summed E-state index contributed by atoms with van der Waals surface area (Å²) in [5.74, 6) is 1.15. The molecule has 0 spiro atoms. The molecule has 0 aliphatic carbocycles. The Bertz CT molecular complexity index is 1670. The second-order valence-corrected chi connectivity index (χ2v) is 9.15. The fourth-order valence-electron chi connectivity index (χ4n) is 3.68. The molecule has 1 amide bonds. The van der Waals surface area contributed by atoms with Gasteiger partial charge in [0, 0.05) is 34.1 Å². The van der Waals surface area contributed by atoms with Gasteiger partial charge in [-0.2, -0.15) is 10.2 Å². The molecule has 12 heteroatoms. The van der Waals surface area contributed by atoms with Gasteiger partial charge in [-0.3, -0.25) is 9.89 Å². The third kappa shape index (κ3) is 4.90. The Kier molecular flexibility index (Phi) is 5.83. The molecule has 0 bridgehead atoms. The van der Waals surface area contributed by atoms with Crippen molar-refractivity contribution in [3.63, 3.8) is 0 Å². The highest BCUT2D eigenvalue weighted by Gasteiger charge is 2.12. The molecule has 4 aromatic heterocycles. The van der Waals surface area contributed by atoms with Gasteiger partial charge in [0.05, 0.1) is 5.69 Å². The van der Waals surface area contributed by atoms with Crippen molar-refractivity contribution in [2.45, 2.75) is 17.0 Å². The standard InChI is InChI=1S/C25H20N10OS/c1-16-13-22(32-31-16)29-23-21-3-2-12-34(21)33-25(30-23)37-20-10-6-18(7-11-20)28-24(36)17-4-8-19(9-5-17)35-15-26-14-27-35/h2-15H,1H3,(H,28,36)(H2,29,30,31,32,33). The van der Waals surface area contributed by atoms with E-state index in [1.165, 1.54) is 18.1 Å². The van der Waals surface area contributed by atoms with Gasteiger partial charge in [-0.05, 0) is 79.3 Å². The van der Waals surface area contributed by atoms with E-state index in [0.717, 1.165) is 21.8 Å². The lowest BCUT2D eigenvalue weighted by molar-refractivity contribution is 0.102. The second kappa shape index (κ2) is 9.59. The zero-order chi connectivity index (χ0) is 25.2. The van der Waals surface area contributed by atoms with Gasteiger partial charge >= 0.3 is 0 Å². The largest absolute Gasteiger partial charge is 0.322 e. The number of nitrogens with zero attached hydrogens (tertiary/aromatic N) is 7. The lowest BCUT2D eigenvalue weighted by atomic mass is 10.2. The summed E-state index contributed by atoms with van der Waals surface area (Å²) in [6, 6.07) is 20.4. The van der Waals surface area contributed by atoms with Gasteiger partial charge < -0.3 is 10.6 Å². The molecule has 0 saturated heterocycles. The molecule has 0 atom stereocenters. The normalized spacial score (nSPS) is 11.1. The maximum Gasteiger partial charge on any atom is 0.255 e. The quantitative estimate of drug-likeness (QED) is 0.288.